The summed E-state index contributed by atoms with van der Waals surface area (Å²) in [6.45, 7) is 4.54. The van der Waals surface area contributed by atoms with E-state index in [2.05, 4.69) is 22.1 Å². The lowest BCUT2D eigenvalue weighted by atomic mass is 9.79. The number of nitrogens with zero attached hydrogens (tertiary/aromatic N) is 3. The number of aromatic nitrogens is 2. The topological polar surface area (TPSA) is 55.3 Å². The molecule has 0 N–H and O–H groups in total. The molecule has 5 nitrogen and oxygen atoms in total. The van der Waals surface area contributed by atoms with Crippen LogP contribution >= 0.6 is 11.6 Å². The summed E-state index contributed by atoms with van der Waals surface area (Å²) in [5, 5.41) is 2.37. The maximum absolute atomic E-state index is 13.2. The highest BCUT2D eigenvalue weighted by atomic mass is 35.5. The third kappa shape index (κ3) is 4.62. The van der Waals surface area contributed by atoms with E-state index in [1.165, 1.54) is 5.56 Å². The molecule has 1 atom stereocenters. The zero-order valence-electron chi connectivity index (χ0n) is 17.1. The summed E-state index contributed by atoms with van der Waals surface area (Å²) in [7, 11) is 0. The molecule has 29 heavy (non-hydrogen) atoms. The molecule has 0 radical (unpaired) electrons. The van der Waals surface area contributed by atoms with Gasteiger partial charge in [0.1, 0.15) is 0 Å². The summed E-state index contributed by atoms with van der Waals surface area (Å²) in [5.41, 5.74) is 4.20. The van der Waals surface area contributed by atoms with Crippen molar-refractivity contribution in [2.45, 2.75) is 58.4 Å². The van der Waals surface area contributed by atoms with E-state index in [-0.39, 0.29) is 17.9 Å². The molecule has 2 fully saturated rings. The van der Waals surface area contributed by atoms with E-state index in [9.17, 15) is 4.79 Å². The third-order valence-corrected chi connectivity index (χ3v) is 6.56. The van der Waals surface area contributed by atoms with Crippen LogP contribution in [0, 0.1) is 25.7 Å². The number of halogens is 1. The lowest BCUT2D eigenvalue weighted by molar-refractivity contribution is -0.183. The van der Waals surface area contributed by atoms with E-state index in [0.29, 0.717) is 12.5 Å². The number of pyridine rings is 2. The third-order valence-electron chi connectivity index (χ3n) is 6.22. The average Bonchev–Trinajstić information content (AvgIpc) is 3.21. The number of rotatable bonds is 4. The molecule has 6 heteroatoms. The van der Waals surface area contributed by atoms with Crippen LogP contribution in [0.5, 0.6) is 0 Å². The number of carbonyl (C=O) groups is 1. The van der Waals surface area contributed by atoms with Crippen molar-refractivity contribution >= 4 is 17.5 Å². The number of hydrogen-bond donors (Lipinski definition) is 0. The number of carbonyl (C=O) groups excluding carboxylic acids is 1. The molecule has 2 aliphatic rings. The second-order valence-corrected chi connectivity index (χ2v) is 8.78. The van der Waals surface area contributed by atoms with Crippen molar-refractivity contribution in [1.82, 2.24) is 15.0 Å². The van der Waals surface area contributed by atoms with Crippen LogP contribution in [0.4, 0.5) is 0 Å². The second kappa shape index (κ2) is 8.80. The largest absolute Gasteiger partial charge is 0.272 e. The smallest absolute Gasteiger partial charge is 0.249 e. The zero-order valence-corrected chi connectivity index (χ0v) is 17.9. The quantitative estimate of drug-likeness (QED) is 0.707. The Hall–Kier alpha value is -1.98. The summed E-state index contributed by atoms with van der Waals surface area (Å²) < 4.78 is 0. The van der Waals surface area contributed by atoms with Crippen LogP contribution in [-0.4, -0.2) is 27.5 Å². The van der Waals surface area contributed by atoms with Crippen LogP contribution in [0.15, 0.2) is 30.6 Å². The normalized spacial score (nSPS) is 24.7. The summed E-state index contributed by atoms with van der Waals surface area (Å²) in [5.74, 6) is 0.735. The fraction of sp³-hybridized carbons (Fsp3) is 0.522. The highest BCUT2D eigenvalue weighted by Gasteiger charge is 2.37. The van der Waals surface area contributed by atoms with Gasteiger partial charge in [0.15, 0.2) is 0 Å². The molecule has 1 saturated carbocycles. The minimum atomic E-state index is -0.0214. The monoisotopic (exact) mass is 413 g/mol. The molecule has 0 unspecified atom stereocenters. The molecular weight excluding hydrogens is 386 g/mol. The molecule has 1 saturated heterocycles. The molecular formula is C23H28ClN3O2. The molecule has 1 aliphatic heterocycles. The summed E-state index contributed by atoms with van der Waals surface area (Å²) in [6, 6.07) is 6.11. The van der Waals surface area contributed by atoms with Gasteiger partial charge in [-0.3, -0.25) is 19.6 Å². The van der Waals surface area contributed by atoms with Crippen molar-refractivity contribution in [3.63, 3.8) is 0 Å². The van der Waals surface area contributed by atoms with Crippen LogP contribution in [0.3, 0.4) is 0 Å². The lowest BCUT2D eigenvalue weighted by Crippen LogP contribution is -2.36. The number of amides is 1. The molecule has 2 aromatic rings. The van der Waals surface area contributed by atoms with E-state index in [1.54, 1.807) is 11.3 Å². The van der Waals surface area contributed by atoms with Gasteiger partial charge in [0.05, 0.1) is 17.7 Å². The zero-order chi connectivity index (χ0) is 20.4. The first-order valence-corrected chi connectivity index (χ1v) is 10.9. The maximum Gasteiger partial charge on any atom is 0.249 e. The Morgan fingerprint density at radius 1 is 1.10 bits per heavy atom. The van der Waals surface area contributed by atoms with Crippen molar-refractivity contribution in [1.29, 1.82) is 0 Å². The van der Waals surface area contributed by atoms with E-state index in [0.717, 1.165) is 60.5 Å². The predicted molar refractivity (Wildman–Crippen MR) is 112 cm³/mol. The summed E-state index contributed by atoms with van der Waals surface area (Å²) in [4.78, 5) is 27.5. The average molecular weight is 414 g/mol. The maximum atomic E-state index is 13.2. The highest BCUT2D eigenvalue weighted by Crippen LogP contribution is 2.37. The Morgan fingerprint density at radius 2 is 1.86 bits per heavy atom. The Kier molecular flexibility index (Phi) is 6.16. The van der Waals surface area contributed by atoms with Gasteiger partial charge in [-0.1, -0.05) is 17.7 Å². The molecule has 1 aliphatic carbocycles. The van der Waals surface area contributed by atoms with Crippen LogP contribution in [0.2, 0.25) is 5.02 Å². The lowest BCUT2D eigenvalue weighted by Gasteiger charge is -2.32. The van der Waals surface area contributed by atoms with Crippen LogP contribution in [0.25, 0.3) is 0 Å². The molecule has 1 amide bonds. The van der Waals surface area contributed by atoms with Gasteiger partial charge >= 0.3 is 0 Å². The van der Waals surface area contributed by atoms with E-state index < -0.39 is 0 Å². The van der Waals surface area contributed by atoms with Gasteiger partial charge in [-0.2, -0.15) is 0 Å². The van der Waals surface area contributed by atoms with Crippen molar-refractivity contribution in [2.24, 2.45) is 11.8 Å². The van der Waals surface area contributed by atoms with Gasteiger partial charge in [-0.05, 0) is 75.1 Å². The SMILES string of the molecule is Cc1ccc([C@@H]2CCON2C(=O)C2CCC(Cc3cc(C)ncc3Cl)CC2)cn1. The van der Waals surface area contributed by atoms with Crippen LogP contribution in [0.1, 0.15) is 60.7 Å². The first-order chi connectivity index (χ1) is 14.0. The Morgan fingerprint density at radius 3 is 2.59 bits per heavy atom. The van der Waals surface area contributed by atoms with Gasteiger partial charge in [0, 0.05) is 36.1 Å². The number of hydrogen-bond acceptors (Lipinski definition) is 4. The van der Waals surface area contributed by atoms with Crippen molar-refractivity contribution < 1.29 is 9.63 Å². The fourth-order valence-electron chi connectivity index (χ4n) is 4.53. The molecule has 0 aromatic carbocycles. The first kappa shape index (κ1) is 20.3. The Bertz CT molecular complexity index is 863. The van der Waals surface area contributed by atoms with E-state index in [4.69, 9.17) is 16.4 Å². The minimum absolute atomic E-state index is 0.0214. The molecule has 0 spiro atoms. The predicted octanol–water partition coefficient (Wildman–Crippen LogP) is 5.00. The molecule has 154 valence electrons. The van der Waals surface area contributed by atoms with E-state index in [1.807, 2.05) is 26.1 Å². The summed E-state index contributed by atoms with van der Waals surface area (Å²) in [6.07, 6.45) is 9.29. The highest BCUT2D eigenvalue weighted by molar-refractivity contribution is 6.31. The minimum Gasteiger partial charge on any atom is -0.272 e. The molecule has 0 bridgehead atoms. The number of aryl methyl sites for hydroxylation is 2. The number of hydroxylamine groups is 2. The standard InChI is InChI=1S/C23H28ClN3O2/c1-15-3-6-19(13-25-15)22-9-10-29-27(22)23(28)18-7-4-17(5-8-18)12-20-11-16(2)26-14-21(20)24/h3,6,11,13-14,17-18,22H,4-5,7-10,12H2,1-2H3/t17?,18?,22-/m0/s1. The van der Waals surface area contributed by atoms with Gasteiger partial charge in [-0.15, -0.1) is 0 Å². The molecule has 2 aromatic heterocycles. The van der Waals surface area contributed by atoms with Gasteiger partial charge in [0.25, 0.3) is 0 Å². The van der Waals surface area contributed by atoms with Gasteiger partial charge in [0.2, 0.25) is 5.91 Å². The van der Waals surface area contributed by atoms with Crippen molar-refractivity contribution in [3.8, 4) is 0 Å². The van der Waals surface area contributed by atoms with Gasteiger partial charge in [-0.25, -0.2) is 5.06 Å². The second-order valence-electron chi connectivity index (χ2n) is 8.37. The van der Waals surface area contributed by atoms with Crippen LogP contribution < -0.4 is 0 Å². The Labute approximate surface area is 177 Å². The Balaban J connectivity index is 1.36. The van der Waals surface area contributed by atoms with E-state index >= 15 is 0 Å². The molecule has 3 heterocycles. The molecule has 4 rings (SSSR count). The van der Waals surface area contributed by atoms with Crippen LogP contribution in [-0.2, 0) is 16.1 Å². The first-order valence-electron chi connectivity index (χ1n) is 10.5. The fourth-order valence-corrected chi connectivity index (χ4v) is 4.71. The van der Waals surface area contributed by atoms with Crippen molar-refractivity contribution in [2.75, 3.05) is 6.61 Å². The summed E-state index contributed by atoms with van der Waals surface area (Å²) >= 11 is 6.32. The van der Waals surface area contributed by atoms with Gasteiger partial charge < -0.3 is 0 Å². The van der Waals surface area contributed by atoms with Crippen molar-refractivity contribution in [3.05, 3.63) is 58.1 Å².